The molecule has 0 aliphatic rings. The smallest absolute Gasteiger partial charge is 0.257 e. The molecule has 39 heavy (non-hydrogen) atoms. The second-order valence-electron chi connectivity index (χ2n) is 9.40. The number of nitrogens with zero attached hydrogens (tertiary/aromatic N) is 2. The van der Waals surface area contributed by atoms with E-state index in [2.05, 4.69) is 46.3 Å². The molecule has 6 nitrogen and oxygen atoms in total. The lowest BCUT2D eigenvalue weighted by Crippen LogP contribution is -2.29. The zero-order valence-electron chi connectivity index (χ0n) is 21.8. The van der Waals surface area contributed by atoms with E-state index >= 15 is 0 Å². The van der Waals surface area contributed by atoms with Crippen LogP contribution in [-0.2, 0) is 17.8 Å². The Bertz CT molecular complexity index is 1530. The van der Waals surface area contributed by atoms with E-state index in [0.717, 1.165) is 60.2 Å². The average molecular weight is 542 g/mol. The van der Waals surface area contributed by atoms with Crippen molar-refractivity contribution in [3.8, 4) is 11.5 Å². The standard InChI is InChI=1S/C32H32ClN3O3/c33-25-16-18-26(19-17-25)39-23-32(37)34-20-7-1-2-15-31-35-28-12-5-6-13-29(28)36(31)21-22-38-30-14-8-10-24-9-3-4-11-27(24)30/h3-6,8-14,16-19H,1-2,7,15,20-23H2,(H,34,37). The Balaban J connectivity index is 1.09. The largest absolute Gasteiger partial charge is 0.491 e. The number of amides is 1. The molecule has 1 N–H and O–H groups in total. The number of ether oxygens (including phenoxy) is 2. The molecular weight excluding hydrogens is 510 g/mol. The summed E-state index contributed by atoms with van der Waals surface area (Å²) in [6.07, 6.45) is 3.76. The van der Waals surface area contributed by atoms with Gasteiger partial charge in [-0.2, -0.15) is 0 Å². The maximum absolute atomic E-state index is 12.1. The summed E-state index contributed by atoms with van der Waals surface area (Å²) in [5.74, 6) is 2.47. The molecular formula is C32H32ClN3O3. The van der Waals surface area contributed by atoms with Crippen molar-refractivity contribution in [2.24, 2.45) is 0 Å². The van der Waals surface area contributed by atoms with E-state index < -0.39 is 0 Å². The first-order valence-electron chi connectivity index (χ1n) is 13.4. The molecule has 0 spiro atoms. The van der Waals surface area contributed by atoms with E-state index in [1.807, 2.05) is 30.3 Å². The Hall–Kier alpha value is -4.03. The van der Waals surface area contributed by atoms with Crippen LogP contribution in [0.1, 0.15) is 25.1 Å². The number of halogens is 1. The van der Waals surface area contributed by atoms with Crippen LogP contribution in [0, 0.1) is 0 Å². The number of aromatic nitrogens is 2. The van der Waals surface area contributed by atoms with E-state index in [-0.39, 0.29) is 12.5 Å². The van der Waals surface area contributed by atoms with Gasteiger partial charge in [0.05, 0.1) is 17.6 Å². The molecule has 1 aromatic heterocycles. The van der Waals surface area contributed by atoms with E-state index in [1.54, 1.807) is 24.3 Å². The fourth-order valence-electron chi connectivity index (χ4n) is 4.68. The highest BCUT2D eigenvalue weighted by atomic mass is 35.5. The van der Waals surface area contributed by atoms with Crippen molar-refractivity contribution >= 4 is 39.3 Å². The number of hydrogen-bond donors (Lipinski definition) is 1. The van der Waals surface area contributed by atoms with Crippen molar-refractivity contribution in [2.45, 2.75) is 32.2 Å². The first kappa shape index (κ1) is 26.6. The molecule has 1 amide bonds. The van der Waals surface area contributed by atoms with Crippen LogP contribution in [0.15, 0.2) is 91.0 Å². The molecule has 0 atom stereocenters. The van der Waals surface area contributed by atoms with Crippen LogP contribution >= 0.6 is 11.6 Å². The van der Waals surface area contributed by atoms with Gasteiger partial charge < -0.3 is 19.4 Å². The number of rotatable bonds is 13. The van der Waals surface area contributed by atoms with Gasteiger partial charge in [-0.25, -0.2) is 4.98 Å². The molecule has 7 heteroatoms. The highest BCUT2D eigenvalue weighted by molar-refractivity contribution is 6.30. The lowest BCUT2D eigenvalue weighted by Gasteiger charge is -2.12. The van der Waals surface area contributed by atoms with Crippen LogP contribution in [0.25, 0.3) is 21.8 Å². The average Bonchev–Trinajstić information content (AvgIpc) is 3.32. The molecule has 5 rings (SSSR count). The number of fused-ring (bicyclic) bond motifs is 2. The first-order chi connectivity index (χ1) is 19.2. The molecule has 1 heterocycles. The number of imidazole rings is 1. The number of carbonyl (C=O) groups is 1. The summed E-state index contributed by atoms with van der Waals surface area (Å²) in [5, 5.41) is 5.86. The third kappa shape index (κ3) is 7.09. The van der Waals surface area contributed by atoms with Gasteiger partial charge in [-0.05, 0) is 60.7 Å². The third-order valence-electron chi connectivity index (χ3n) is 6.64. The number of benzene rings is 4. The Kier molecular flexibility index (Phi) is 8.97. The molecule has 0 aliphatic carbocycles. The van der Waals surface area contributed by atoms with Gasteiger partial charge in [-0.15, -0.1) is 0 Å². The second kappa shape index (κ2) is 13.2. The van der Waals surface area contributed by atoms with Crippen LogP contribution in [-0.4, -0.2) is 35.2 Å². The molecule has 0 bridgehead atoms. The molecule has 200 valence electrons. The predicted molar refractivity (Wildman–Crippen MR) is 157 cm³/mol. The monoisotopic (exact) mass is 541 g/mol. The Morgan fingerprint density at radius 2 is 1.64 bits per heavy atom. The van der Waals surface area contributed by atoms with Gasteiger partial charge in [0.1, 0.15) is 23.9 Å². The zero-order valence-corrected chi connectivity index (χ0v) is 22.6. The quantitative estimate of drug-likeness (QED) is 0.166. The van der Waals surface area contributed by atoms with E-state index in [1.165, 1.54) is 5.39 Å². The normalized spacial score (nSPS) is 11.1. The number of para-hydroxylation sites is 2. The van der Waals surface area contributed by atoms with Crippen molar-refractivity contribution in [1.82, 2.24) is 14.9 Å². The highest BCUT2D eigenvalue weighted by Crippen LogP contribution is 2.25. The summed E-state index contributed by atoms with van der Waals surface area (Å²) >= 11 is 5.87. The van der Waals surface area contributed by atoms with Gasteiger partial charge >= 0.3 is 0 Å². The van der Waals surface area contributed by atoms with Gasteiger partial charge in [-0.1, -0.05) is 66.6 Å². The summed E-state index contributed by atoms with van der Waals surface area (Å²) in [7, 11) is 0. The minimum absolute atomic E-state index is 0.00744. The molecule has 0 radical (unpaired) electrons. The van der Waals surface area contributed by atoms with Crippen molar-refractivity contribution in [1.29, 1.82) is 0 Å². The first-order valence-corrected chi connectivity index (χ1v) is 13.7. The van der Waals surface area contributed by atoms with Crippen LogP contribution in [0.2, 0.25) is 5.02 Å². The molecule has 0 fully saturated rings. The number of aryl methyl sites for hydroxylation is 1. The topological polar surface area (TPSA) is 65.4 Å². The van der Waals surface area contributed by atoms with Crippen molar-refractivity contribution in [2.75, 3.05) is 19.8 Å². The molecule has 0 saturated carbocycles. The summed E-state index contributed by atoms with van der Waals surface area (Å²) in [6.45, 7) is 1.90. The SMILES string of the molecule is O=C(COc1ccc(Cl)cc1)NCCCCCc1nc2ccccc2n1CCOc1cccc2ccccc12. The van der Waals surface area contributed by atoms with Gasteiger partial charge in [0.15, 0.2) is 6.61 Å². The Morgan fingerprint density at radius 3 is 2.54 bits per heavy atom. The summed E-state index contributed by atoms with van der Waals surface area (Å²) in [4.78, 5) is 17.0. The van der Waals surface area contributed by atoms with Gasteiger partial charge in [-0.3, -0.25) is 4.79 Å². The van der Waals surface area contributed by atoms with Crippen LogP contribution in [0.5, 0.6) is 11.5 Å². The van der Waals surface area contributed by atoms with Crippen LogP contribution < -0.4 is 14.8 Å². The van der Waals surface area contributed by atoms with Gasteiger partial charge in [0, 0.05) is 23.4 Å². The minimum Gasteiger partial charge on any atom is -0.491 e. The number of unbranched alkanes of at least 4 members (excludes halogenated alkanes) is 2. The van der Waals surface area contributed by atoms with Crippen molar-refractivity contribution in [3.05, 3.63) is 102 Å². The lowest BCUT2D eigenvalue weighted by atomic mass is 10.1. The van der Waals surface area contributed by atoms with Gasteiger partial charge in [0.25, 0.3) is 5.91 Å². The second-order valence-corrected chi connectivity index (χ2v) is 9.83. The van der Waals surface area contributed by atoms with Crippen molar-refractivity contribution < 1.29 is 14.3 Å². The molecule has 5 aromatic rings. The molecule has 4 aromatic carbocycles. The number of hydrogen-bond acceptors (Lipinski definition) is 4. The summed E-state index contributed by atoms with van der Waals surface area (Å²) in [5.41, 5.74) is 2.13. The van der Waals surface area contributed by atoms with Crippen LogP contribution in [0.3, 0.4) is 0 Å². The highest BCUT2D eigenvalue weighted by Gasteiger charge is 2.11. The number of carbonyl (C=O) groups excluding carboxylic acids is 1. The van der Waals surface area contributed by atoms with E-state index in [4.69, 9.17) is 26.1 Å². The van der Waals surface area contributed by atoms with Crippen LogP contribution in [0.4, 0.5) is 0 Å². The molecule has 0 aliphatic heterocycles. The van der Waals surface area contributed by atoms with Gasteiger partial charge in [0.2, 0.25) is 0 Å². The number of nitrogens with one attached hydrogen (secondary N) is 1. The Labute approximate surface area is 233 Å². The third-order valence-corrected chi connectivity index (χ3v) is 6.89. The maximum Gasteiger partial charge on any atom is 0.257 e. The predicted octanol–water partition coefficient (Wildman–Crippen LogP) is 6.83. The minimum atomic E-state index is -0.127. The van der Waals surface area contributed by atoms with Crippen molar-refractivity contribution in [3.63, 3.8) is 0 Å². The molecule has 0 unspecified atom stereocenters. The fourth-order valence-corrected chi connectivity index (χ4v) is 4.80. The lowest BCUT2D eigenvalue weighted by molar-refractivity contribution is -0.123. The van der Waals surface area contributed by atoms with E-state index in [9.17, 15) is 4.79 Å². The molecule has 0 saturated heterocycles. The zero-order chi connectivity index (χ0) is 26.9. The summed E-state index contributed by atoms with van der Waals surface area (Å²) < 4.78 is 14.0. The summed E-state index contributed by atoms with van der Waals surface area (Å²) in [6, 6.07) is 29.7. The maximum atomic E-state index is 12.1. The fraction of sp³-hybridized carbons (Fsp3) is 0.250. The van der Waals surface area contributed by atoms with E-state index in [0.29, 0.717) is 23.9 Å². The Morgan fingerprint density at radius 1 is 0.846 bits per heavy atom.